The monoisotopic (exact) mass is 226 g/mol. The first kappa shape index (κ1) is 11.4. The minimum absolute atomic E-state index is 0.0264. The Morgan fingerprint density at radius 3 is 2.44 bits per heavy atom. The average Bonchev–Trinajstić information content (AvgIpc) is 2.14. The smallest absolute Gasteiger partial charge is 0.310 e. The summed E-state index contributed by atoms with van der Waals surface area (Å²) in [6.45, 7) is 0.750. The third-order valence-corrected chi connectivity index (χ3v) is 3.61. The van der Waals surface area contributed by atoms with Gasteiger partial charge in [0.15, 0.2) is 0 Å². The second-order valence-electron chi connectivity index (χ2n) is 4.90. The molecule has 1 aliphatic carbocycles. The second-order valence-corrected chi connectivity index (χ2v) is 4.90. The van der Waals surface area contributed by atoms with Crippen LogP contribution in [0.4, 0.5) is 0 Å². The first-order chi connectivity index (χ1) is 7.58. The third-order valence-electron chi connectivity index (χ3n) is 3.61. The Hall–Kier alpha value is -1.10. The van der Waals surface area contributed by atoms with Crippen LogP contribution in [0.2, 0.25) is 0 Å². The SMILES string of the molecule is NC1CCCC(C(=O)N2CC(C(=O)O)C2)C1. The van der Waals surface area contributed by atoms with Crippen LogP contribution in [-0.4, -0.2) is 41.0 Å². The molecule has 90 valence electrons. The number of carbonyl (C=O) groups is 2. The van der Waals surface area contributed by atoms with Gasteiger partial charge in [-0.05, 0) is 19.3 Å². The predicted octanol–water partition coefficient (Wildman–Crippen LogP) is 0.0469. The third kappa shape index (κ3) is 2.19. The molecule has 2 atom stereocenters. The maximum atomic E-state index is 12.0. The molecule has 2 unspecified atom stereocenters. The molecular weight excluding hydrogens is 208 g/mol. The summed E-state index contributed by atoms with van der Waals surface area (Å²) in [6.07, 6.45) is 3.67. The number of hydrogen-bond donors (Lipinski definition) is 2. The highest BCUT2D eigenvalue weighted by Crippen LogP contribution is 2.27. The first-order valence-electron chi connectivity index (χ1n) is 5.85. The number of carboxylic acids is 1. The van der Waals surface area contributed by atoms with Crippen molar-refractivity contribution in [2.75, 3.05) is 13.1 Å². The number of rotatable bonds is 2. The van der Waals surface area contributed by atoms with Gasteiger partial charge in [-0.2, -0.15) is 0 Å². The summed E-state index contributed by atoms with van der Waals surface area (Å²) in [5.41, 5.74) is 5.83. The summed E-state index contributed by atoms with van der Waals surface area (Å²) in [4.78, 5) is 24.2. The number of carboxylic acid groups (broad SMARTS) is 1. The lowest BCUT2D eigenvalue weighted by atomic mass is 9.84. The van der Waals surface area contributed by atoms with E-state index in [9.17, 15) is 9.59 Å². The van der Waals surface area contributed by atoms with Crippen molar-refractivity contribution in [2.24, 2.45) is 17.6 Å². The lowest BCUT2D eigenvalue weighted by molar-refractivity contribution is -0.155. The Kier molecular flexibility index (Phi) is 3.14. The van der Waals surface area contributed by atoms with E-state index >= 15 is 0 Å². The van der Waals surface area contributed by atoms with Crippen LogP contribution in [0.3, 0.4) is 0 Å². The summed E-state index contributed by atoms with van der Waals surface area (Å²) in [5.74, 6) is -1.03. The molecule has 0 aromatic rings. The second kappa shape index (κ2) is 4.41. The highest BCUT2D eigenvalue weighted by Gasteiger charge is 2.39. The van der Waals surface area contributed by atoms with Gasteiger partial charge < -0.3 is 15.7 Å². The molecule has 1 saturated heterocycles. The molecule has 0 aromatic heterocycles. The summed E-state index contributed by atoms with van der Waals surface area (Å²) in [7, 11) is 0. The average molecular weight is 226 g/mol. The van der Waals surface area contributed by atoms with Gasteiger partial charge in [-0.15, -0.1) is 0 Å². The van der Waals surface area contributed by atoms with Crippen molar-refractivity contribution >= 4 is 11.9 Å². The van der Waals surface area contributed by atoms with Crippen LogP contribution in [0.5, 0.6) is 0 Å². The van der Waals surface area contributed by atoms with E-state index in [1.807, 2.05) is 0 Å². The molecule has 1 aliphatic heterocycles. The van der Waals surface area contributed by atoms with Crippen molar-refractivity contribution < 1.29 is 14.7 Å². The fourth-order valence-electron chi connectivity index (χ4n) is 2.52. The molecule has 1 amide bonds. The van der Waals surface area contributed by atoms with Gasteiger partial charge in [0.2, 0.25) is 5.91 Å². The van der Waals surface area contributed by atoms with E-state index in [0.29, 0.717) is 13.1 Å². The summed E-state index contributed by atoms with van der Waals surface area (Å²) < 4.78 is 0. The number of nitrogens with two attached hydrogens (primary N) is 1. The highest BCUT2D eigenvalue weighted by molar-refractivity contribution is 5.82. The minimum Gasteiger partial charge on any atom is -0.481 e. The maximum Gasteiger partial charge on any atom is 0.310 e. The molecule has 0 spiro atoms. The van der Waals surface area contributed by atoms with Crippen LogP contribution in [-0.2, 0) is 9.59 Å². The highest BCUT2D eigenvalue weighted by atomic mass is 16.4. The lowest BCUT2D eigenvalue weighted by Crippen LogP contribution is -2.55. The van der Waals surface area contributed by atoms with Crippen molar-refractivity contribution in [1.82, 2.24) is 4.90 Å². The zero-order valence-corrected chi connectivity index (χ0v) is 9.26. The molecule has 1 saturated carbocycles. The fraction of sp³-hybridized carbons (Fsp3) is 0.818. The summed E-state index contributed by atoms with van der Waals surface area (Å²) >= 11 is 0. The molecule has 0 aromatic carbocycles. The lowest BCUT2D eigenvalue weighted by Gasteiger charge is -2.40. The Labute approximate surface area is 94.6 Å². The van der Waals surface area contributed by atoms with Crippen molar-refractivity contribution in [3.8, 4) is 0 Å². The Morgan fingerprint density at radius 2 is 1.88 bits per heavy atom. The molecule has 0 radical (unpaired) electrons. The zero-order valence-electron chi connectivity index (χ0n) is 9.26. The topological polar surface area (TPSA) is 83.6 Å². The van der Waals surface area contributed by atoms with E-state index in [0.717, 1.165) is 25.7 Å². The van der Waals surface area contributed by atoms with Crippen molar-refractivity contribution in [1.29, 1.82) is 0 Å². The zero-order chi connectivity index (χ0) is 11.7. The van der Waals surface area contributed by atoms with Crippen molar-refractivity contribution in [3.63, 3.8) is 0 Å². The number of likely N-dealkylation sites (tertiary alicyclic amines) is 1. The van der Waals surface area contributed by atoms with Gasteiger partial charge in [0, 0.05) is 25.0 Å². The van der Waals surface area contributed by atoms with Gasteiger partial charge in [-0.3, -0.25) is 9.59 Å². The van der Waals surface area contributed by atoms with Crippen LogP contribution in [0.25, 0.3) is 0 Å². The molecule has 3 N–H and O–H groups in total. The van der Waals surface area contributed by atoms with Crippen LogP contribution < -0.4 is 5.73 Å². The number of carbonyl (C=O) groups excluding carboxylic acids is 1. The minimum atomic E-state index is -0.801. The van der Waals surface area contributed by atoms with E-state index in [2.05, 4.69) is 0 Å². The van der Waals surface area contributed by atoms with Crippen molar-refractivity contribution in [3.05, 3.63) is 0 Å². The van der Waals surface area contributed by atoms with E-state index in [4.69, 9.17) is 10.8 Å². The summed E-state index contributed by atoms with van der Waals surface area (Å²) in [5, 5.41) is 8.73. The van der Waals surface area contributed by atoms with Gasteiger partial charge in [-0.25, -0.2) is 0 Å². The standard InChI is InChI=1S/C11H18N2O3/c12-9-3-1-2-7(4-9)10(14)13-5-8(6-13)11(15)16/h7-9H,1-6,12H2,(H,15,16). The van der Waals surface area contributed by atoms with Gasteiger partial charge >= 0.3 is 5.97 Å². The summed E-state index contributed by atoms with van der Waals surface area (Å²) in [6, 6.07) is 0.138. The van der Waals surface area contributed by atoms with E-state index in [1.54, 1.807) is 4.90 Å². The van der Waals surface area contributed by atoms with E-state index in [-0.39, 0.29) is 23.8 Å². The maximum absolute atomic E-state index is 12.0. The Bertz CT molecular complexity index is 300. The molecule has 0 bridgehead atoms. The van der Waals surface area contributed by atoms with Gasteiger partial charge in [0.05, 0.1) is 5.92 Å². The molecule has 16 heavy (non-hydrogen) atoms. The molecule has 5 nitrogen and oxygen atoms in total. The van der Waals surface area contributed by atoms with Crippen LogP contribution in [0, 0.1) is 11.8 Å². The van der Waals surface area contributed by atoms with Crippen LogP contribution in [0.15, 0.2) is 0 Å². The fourth-order valence-corrected chi connectivity index (χ4v) is 2.52. The Balaban J connectivity index is 1.82. The van der Waals surface area contributed by atoms with E-state index in [1.165, 1.54) is 0 Å². The molecule has 2 rings (SSSR count). The number of nitrogens with zero attached hydrogens (tertiary/aromatic N) is 1. The van der Waals surface area contributed by atoms with Gasteiger partial charge in [0.1, 0.15) is 0 Å². The molecule has 2 fully saturated rings. The number of aliphatic carboxylic acids is 1. The van der Waals surface area contributed by atoms with Gasteiger partial charge in [0.25, 0.3) is 0 Å². The van der Waals surface area contributed by atoms with Crippen LogP contribution in [0.1, 0.15) is 25.7 Å². The van der Waals surface area contributed by atoms with Crippen LogP contribution >= 0.6 is 0 Å². The van der Waals surface area contributed by atoms with E-state index < -0.39 is 5.97 Å². The molecule has 1 heterocycles. The Morgan fingerprint density at radius 1 is 1.19 bits per heavy atom. The normalized spacial score (nSPS) is 30.9. The molecule has 2 aliphatic rings. The number of amides is 1. The molecular formula is C11H18N2O3. The van der Waals surface area contributed by atoms with Crippen molar-refractivity contribution in [2.45, 2.75) is 31.7 Å². The quantitative estimate of drug-likeness (QED) is 0.696. The van der Waals surface area contributed by atoms with Gasteiger partial charge in [-0.1, -0.05) is 6.42 Å². The predicted molar refractivity (Wildman–Crippen MR) is 57.6 cm³/mol. The number of hydrogen-bond acceptors (Lipinski definition) is 3. The molecule has 5 heteroatoms. The largest absolute Gasteiger partial charge is 0.481 e. The first-order valence-corrected chi connectivity index (χ1v) is 5.85.